The summed E-state index contributed by atoms with van der Waals surface area (Å²) in [6.45, 7) is 0.293. The maximum Gasteiger partial charge on any atom is 0.229 e. The van der Waals surface area contributed by atoms with Crippen molar-refractivity contribution in [2.24, 2.45) is 0 Å². The Morgan fingerprint density at radius 3 is 2.70 bits per heavy atom. The highest BCUT2D eigenvalue weighted by Crippen LogP contribution is 2.22. The summed E-state index contributed by atoms with van der Waals surface area (Å²) in [6.07, 6.45) is 4.89. The van der Waals surface area contributed by atoms with Gasteiger partial charge >= 0.3 is 0 Å². The number of para-hydroxylation sites is 1. The van der Waals surface area contributed by atoms with Gasteiger partial charge in [0.15, 0.2) is 15.4 Å². The molecule has 1 aliphatic rings. The van der Waals surface area contributed by atoms with Crippen LogP contribution in [0.4, 0.5) is 0 Å². The van der Waals surface area contributed by atoms with Gasteiger partial charge in [-0.15, -0.1) is 0 Å². The second-order valence-electron chi connectivity index (χ2n) is 6.40. The fourth-order valence-corrected chi connectivity index (χ4v) is 4.44. The van der Waals surface area contributed by atoms with Gasteiger partial charge in [-0.05, 0) is 35.9 Å². The molecule has 0 aliphatic carbocycles. The fraction of sp³-hybridized carbons (Fsp3) is 0.211. The highest BCUT2D eigenvalue weighted by Gasteiger charge is 2.31. The first-order chi connectivity index (χ1) is 13.0. The number of hydrogen-bond acceptors (Lipinski definition) is 6. The zero-order chi connectivity index (χ0) is 18.9. The molecule has 0 saturated heterocycles. The quantitative estimate of drug-likeness (QED) is 0.670. The van der Waals surface area contributed by atoms with E-state index in [2.05, 4.69) is 10.1 Å². The molecule has 0 bridgehead atoms. The lowest BCUT2D eigenvalue weighted by Gasteiger charge is -2.27. The fourth-order valence-electron chi connectivity index (χ4n) is 3.14. The number of aromatic nitrogens is 2. The molecule has 0 spiro atoms. The van der Waals surface area contributed by atoms with Gasteiger partial charge in [0.2, 0.25) is 5.91 Å². The Balaban J connectivity index is 1.61. The molecule has 4 rings (SSSR count). The van der Waals surface area contributed by atoms with Crippen LogP contribution in [0.25, 0.3) is 11.0 Å². The molecule has 3 heterocycles. The Morgan fingerprint density at radius 1 is 1.19 bits per heavy atom. The van der Waals surface area contributed by atoms with Crippen LogP contribution >= 0.6 is 0 Å². The number of pyridine rings is 1. The molecule has 1 aromatic carbocycles. The third kappa shape index (κ3) is 3.75. The number of benzene rings is 1. The van der Waals surface area contributed by atoms with Crippen LogP contribution < -0.4 is 0 Å². The molecule has 27 heavy (non-hydrogen) atoms. The predicted octanol–water partition coefficient (Wildman–Crippen LogP) is 2.10. The minimum absolute atomic E-state index is 0.0342. The van der Waals surface area contributed by atoms with Gasteiger partial charge in [-0.1, -0.05) is 17.3 Å². The lowest BCUT2D eigenvalue weighted by Crippen LogP contribution is -2.41. The van der Waals surface area contributed by atoms with E-state index in [9.17, 15) is 13.2 Å². The van der Waals surface area contributed by atoms with Gasteiger partial charge < -0.3 is 9.42 Å². The van der Waals surface area contributed by atoms with Crippen LogP contribution in [0.1, 0.15) is 11.3 Å². The highest BCUT2D eigenvalue weighted by molar-refractivity contribution is 7.94. The Bertz CT molecular complexity index is 1110. The van der Waals surface area contributed by atoms with Gasteiger partial charge in [-0.25, -0.2) is 8.42 Å². The second-order valence-corrected chi connectivity index (χ2v) is 8.34. The van der Waals surface area contributed by atoms with Crippen LogP contribution in [0.2, 0.25) is 0 Å². The summed E-state index contributed by atoms with van der Waals surface area (Å²) in [5.41, 5.74) is 2.03. The predicted molar refractivity (Wildman–Crippen MR) is 99.2 cm³/mol. The zero-order valence-corrected chi connectivity index (χ0v) is 15.2. The van der Waals surface area contributed by atoms with Crippen molar-refractivity contribution < 1.29 is 17.7 Å². The van der Waals surface area contributed by atoms with Crippen molar-refractivity contribution in [1.29, 1.82) is 0 Å². The molecule has 138 valence electrons. The van der Waals surface area contributed by atoms with E-state index in [0.29, 0.717) is 17.8 Å². The van der Waals surface area contributed by atoms with E-state index in [1.807, 2.05) is 18.2 Å². The molecule has 1 aliphatic heterocycles. The molecule has 7 nitrogen and oxygen atoms in total. The van der Waals surface area contributed by atoms with E-state index in [-0.39, 0.29) is 18.1 Å². The molecule has 1 amide bonds. The summed E-state index contributed by atoms with van der Waals surface area (Å²) in [6, 6.07) is 10.4. The van der Waals surface area contributed by atoms with E-state index in [4.69, 9.17) is 4.52 Å². The van der Waals surface area contributed by atoms with Crippen LogP contribution in [-0.4, -0.2) is 41.2 Å². The summed E-state index contributed by atoms with van der Waals surface area (Å²) in [4.78, 5) is 18.6. The van der Waals surface area contributed by atoms with Gasteiger partial charge in [-0.3, -0.25) is 9.78 Å². The standard InChI is InChI=1S/C19H17N3O4S/c23-19(11-17-16-3-1-2-4-18(16)26-21-17)22(12-14-5-8-20-9-6-14)15-7-10-27(24,25)13-15/h1-10,15H,11-13H2. The molecule has 1 unspecified atom stereocenters. The number of nitrogens with zero attached hydrogens (tertiary/aromatic N) is 3. The van der Waals surface area contributed by atoms with Crippen LogP contribution in [-0.2, 0) is 27.6 Å². The number of sulfone groups is 1. The van der Waals surface area contributed by atoms with E-state index in [1.54, 1.807) is 41.6 Å². The van der Waals surface area contributed by atoms with Crippen molar-refractivity contribution >= 4 is 26.7 Å². The van der Waals surface area contributed by atoms with Gasteiger partial charge in [0.25, 0.3) is 0 Å². The van der Waals surface area contributed by atoms with Crippen LogP contribution in [0.5, 0.6) is 0 Å². The van der Waals surface area contributed by atoms with Crippen molar-refractivity contribution in [1.82, 2.24) is 15.0 Å². The molecule has 3 aromatic rings. The smallest absolute Gasteiger partial charge is 0.229 e. The van der Waals surface area contributed by atoms with E-state index in [0.717, 1.165) is 10.9 Å². The van der Waals surface area contributed by atoms with Gasteiger partial charge in [-0.2, -0.15) is 0 Å². The summed E-state index contributed by atoms with van der Waals surface area (Å²) >= 11 is 0. The molecule has 0 fully saturated rings. The molecule has 0 radical (unpaired) electrons. The van der Waals surface area contributed by atoms with Crippen molar-refractivity contribution in [2.45, 2.75) is 19.0 Å². The molecule has 0 saturated carbocycles. The molecule has 8 heteroatoms. The topological polar surface area (TPSA) is 93.4 Å². The number of carbonyl (C=O) groups excluding carboxylic acids is 1. The number of rotatable bonds is 5. The maximum absolute atomic E-state index is 13.1. The Kier molecular flexibility index (Phi) is 4.49. The van der Waals surface area contributed by atoms with Crippen molar-refractivity contribution in [3.8, 4) is 0 Å². The zero-order valence-electron chi connectivity index (χ0n) is 14.4. The normalized spacial score (nSPS) is 18.0. The summed E-state index contributed by atoms with van der Waals surface area (Å²) in [7, 11) is -3.28. The van der Waals surface area contributed by atoms with Crippen molar-refractivity contribution in [2.75, 3.05) is 5.75 Å². The lowest BCUT2D eigenvalue weighted by atomic mass is 10.1. The SMILES string of the molecule is O=C(Cc1noc2ccccc12)N(Cc1ccncc1)C1C=CS(=O)(=O)C1. The monoisotopic (exact) mass is 383 g/mol. The van der Waals surface area contributed by atoms with Gasteiger partial charge in [0, 0.05) is 29.7 Å². The number of amides is 1. The van der Waals surface area contributed by atoms with Crippen molar-refractivity contribution in [3.63, 3.8) is 0 Å². The number of carbonyl (C=O) groups is 1. The summed E-state index contributed by atoms with van der Waals surface area (Å²) in [5.74, 6) is -0.318. The van der Waals surface area contributed by atoms with E-state index >= 15 is 0 Å². The van der Waals surface area contributed by atoms with Crippen LogP contribution in [0.3, 0.4) is 0 Å². The minimum atomic E-state index is -3.28. The van der Waals surface area contributed by atoms with Gasteiger partial charge in [0.05, 0.1) is 18.2 Å². The average molecular weight is 383 g/mol. The minimum Gasteiger partial charge on any atom is -0.356 e. The Labute approximate surface area is 156 Å². The number of fused-ring (bicyclic) bond motifs is 1. The van der Waals surface area contributed by atoms with Crippen molar-refractivity contribution in [3.05, 3.63) is 71.5 Å². The van der Waals surface area contributed by atoms with Gasteiger partial charge in [0.1, 0.15) is 5.69 Å². The second kappa shape index (κ2) is 6.96. The summed E-state index contributed by atoms with van der Waals surface area (Å²) < 4.78 is 29.0. The third-order valence-electron chi connectivity index (χ3n) is 4.50. The van der Waals surface area contributed by atoms with Crippen LogP contribution in [0, 0.1) is 0 Å². The molecule has 1 atom stereocenters. The maximum atomic E-state index is 13.1. The first kappa shape index (κ1) is 17.4. The highest BCUT2D eigenvalue weighted by atomic mass is 32.2. The molecular weight excluding hydrogens is 366 g/mol. The third-order valence-corrected chi connectivity index (χ3v) is 5.88. The largest absolute Gasteiger partial charge is 0.356 e. The number of hydrogen-bond donors (Lipinski definition) is 0. The van der Waals surface area contributed by atoms with E-state index in [1.165, 1.54) is 5.41 Å². The first-order valence-electron chi connectivity index (χ1n) is 8.44. The summed E-state index contributed by atoms with van der Waals surface area (Å²) in [5, 5.41) is 5.97. The molecule has 0 N–H and O–H groups in total. The van der Waals surface area contributed by atoms with Crippen LogP contribution in [0.15, 0.2) is 64.8 Å². The Hall–Kier alpha value is -3.00. The average Bonchev–Trinajstić information content (AvgIpc) is 3.23. The first-order valence-corrected chi connectivity index (χ1v) is 10.2. The lowest BCUT2D eigenvalue weighted by molar-refractivity contribution is -0.132. The molecular formula is C19H17N3O4S. The molecule has 2 aromatic heterocycles. The Morgan fingerprint density at radius 2 is 1.96 bits per heavy atom. The van der Waals surface area contributed by atoms with E-state index < -0.39 is 15.9 Å².